The van der Waals surface area contributed by atoms with Crippen LogP contribution in [0, 0.1) is 5.92 Å². The van der Waals surface area contributed by atoms with Crippen LogP contribution in [-0.2, 0) is 0 Å². The third-order valence-corrected chi connectivity index (χ3v) is 3.47. The van der Waals surface area contributed by atoms with E-state index in [1.54, 1.807) is 0 Å². The molecule has 1 saturated carbocycles. The zero-order valence-electron chi connectivity index (χ0n) is 9.45. The molecule has 1 N–H and O–H groups in total. The normalized spacial score (nSPS) is 26.2. The second kappa shape index (κ2) is 5.15. The molecule has 1 aromatic rings. The zero-order chi connectivity index (χ0) is 10.5. The molecule has 0 radical (unpaired) electrons. The van der Waals surface area contributed by atoms with Crippen LogP contribution in [-0.4, -0.2) is 11.0 Å². The summed E-state index contributed by atoms with van der Waals surface area (Å²) >= 11 is 0. The van der Waals surface area contributed by atoms with Crippen LogP contribution in [0.2, 0.25) is 0 Å². The van der Waals surface area contributed by atoms with Crippen LogP contribution in [0.15, 0.2) is 24.5 Å². The Morgan fingerprint density at radius 3 is 2.73 bits per heavy atom. The first-order chi connectivity index (χ1) is 7.40. The van der Waals surface area contributed by atoms with Gasteiger partial charge in [-0.2, -0.15) is 0 Å². The van der Waals surface area contributed by atoms with Crippen molar-refractivity contribution in [2.24, 2.45) is 5.92 Å². The van der Waals surface area contributed by atoms with Crippen molar-refractivity contribution in [3.05, 3.63) is 24.5 Å². The Morgan fingerprint density at radius 1 is 1.27 bits per heavy atom. The van der Waals surface area contributed by atoms with Crippen molar-refractivity contribution < 1.29 is 0 Å². The first-order valence-electron chi connectivity index (χ1n) is 6.06. The molecule has 0 amide bonds. The van der Waals surface area contributed by atoms with Gasteiger partial charge in [-0.05, 0) is 30.9 Å². The van der Waals surface area contributed by atoms with E-state index < -0.39 is 0 Å². The monoisotopic (exact) mass is 204 g/mol. The number of aromatic nitrogens is 1. The van der Waals surface area contributed by atoms with Crippen LogP contribution in [0.3, 0.4) is 0 Å². The van der Waals surface area contributed by atoms with Crippen LogP contribution < -0.4 is 5.32 Å². The Labute approximate surface area is 92.1 Å². The number of nitrogens with zero attached hydrogens (tertiary/aromatic N) is 1. The zero-order valence-corrected chi connectivity index (χ0v) is 9.45. The third kappa shape index (κ3) is 2.71. The quantitative estimate of drug-likeness (QED) is 0.815. The summed E-state index contributed by atoms with van der Waals surface area (Å²) in [5.74, 6) is 0.854. The van der Waals surface area contributed by atoms with Gasteiger partial charge in [0.25, 0.3) is 0 Å². The summed E-state index contributed by atoms with van der Waals surface area (Å²) in [5.41, 5.74) is 1.22. The van der Waals surface area contributed by atoms with Gasteiger partial charge in [0.05, 0.1) is 0 Å². The summed E-state index contributed by atoms with van der Waals surface area (Å²) in [6.45, 7) is 2.30. The third-order valence-electron chi connectivity index (χ3n) is 3.47. The van der Waals surface area contributed by atoms with Gasteiger partial charge in [-0.25, -0.2) is 0 Å². The highest BCUT2D eigenvalue weighted by Gasteiger charge is 2.23. The maximum atomic E-state index is 4.04. The van der Waals surface area contributed by atoms with Gasteiger partial charge in [0.2, 0.25) is 0 Å². The Hall–Kier alpha value is -1.05. The van der Waals surface area contributed by atoms with Gasteiger partial charge in [0.1, 0.15) is 0 Å². The fourth-order valence-corrected chi connectivity index (χ4v) is 2.55. The molecule has 2 heteroatoms. The van der Waals surface area contributed by atoms with Gasteiger partial charge in [0.15, 0.2) is 0 Å². The van der Waals surface area contributed by atoms with Crippen molar-refractivity contribution in [1.82, 2.24) is 4.98 Å². The molecule has 2 unspecified atom stereocenters. The number of hydrogen-bond donors (Lipinski definition) is 1. The molecule has 1 aliphatic rings. The maximum absolute atomic E-state index is 4.04. The Bertz CT molecular complexity index is 284. The fraction of sp³-hybridized carbons (Fsp3) is 0.615. The molecular weight excluding hydrogens is 184 g/mol. The second-order valence-electron chi connectivity index (χ2n) is 4.44. The lowest BCUT2D eigenvalue weighted by Gasteiger charge is -2.32. The summed E-state index contributed by atoms with van der Waals surface area (Å²) in [7, 11) is 0. The molecule has 15 heavy (non-hydrogen) atoms. The highest BCUT2D eigenvalue weighted by molar-refractivity contribution is 5.42. The van der Waals surface area contributed by atoms with Gasteiger partial charge >= 0.3 is 0 Å². The van der Waals surface area contributed by atoms with Gasteiger partial charge < -0.3 is 5.32 Å². The predicted octanol–water partition coefficient (Wildman–Crippen LogP) is 3.46. The molecule has 0 spiro atoms. The molecule has 1 heterocycles. The molecule has 0 aromatic carbocycles. The van der Waals surface area contributed by atoms with Crippen molar-refractivity contribution in [1.29, 1.82) is 0 Å². The minimum Gasteiger partial charge on any atom is -0.382 e. The first-order valence-corrected chi connectivity index (χ1v) is 6.06. The van der Waals surface area contributed by atoms with E-state index in [2.05, 4.69) is 29.4 Å². The molecule has 0 aliphatic heterocycles. The highest BCUT2D eigenvalue weighted by Crippen LogP contribution is 2.29. The van der Waals surface area contributed by atoms with Gasteiger partial charge in [-0.3, -0.25) is 4.98 Å². The highest BCUT2D eigenvalue weighted by atomic mass is 14.9. The van der Waals surface area contributed by atoms with Crippen molar-refractivity contribution in [3.63, 3.8) is 0 Å². The largest absolute Gasteiger partial charge is 0.382 e. The van der Waals surface area contributed by atoms with E-state index in [1.807, 2.05) is 12.4 Å². The molecule has 0 saturated heterocycles. The average molecular weight is 204 g/mol. The Kier molecular flexibility index (Phi) is 3.59. The van der Waals surface area contributed by atoms with E-state index >= 15 is 0 Å². The Morgan fingerprint density at radius 2 is 2.00 bits per heavy atom. The lowest BCUT2D eigenvalue weighted by molar-refractivity contribution is 0.317. The topological polar surface area (TPSA) is 24.9 Å². The molecule has 2 rings (SSSR count). The number of nitrogens with one attached hydrogen (secondary N) is 1. The van der Waals surface area contributed by atoms with Gasteiger partial charge in [-0.15, -0.1) is 0 Å². The molecular formula is C13H20N2. The number of anilines is 1. The van der Waals surface area contributed by atoms with E-state index in [1.165, 1.54) is 37.8 Å². The number of pyridine rings is 1. The molecule has 1 fully saturated rings. The predicted molar refractivity (Wildman–Crippen MR) is 63.9 cm³/mol. The minimum atomic E-state index is 0.672. The van der Waals surface area contributed by atoms with Crippen molar-refractivity contribution in [2.75, 3.05) is 5.32 Å². The van der Waals surface area contributed by atoms with E-state index in [0.29, 0.717) is 6.04 Å². The smallest absolute Gasteiger partial charge is 0.0373 e. The van der Waals surface area contributed by atoms with Gasteiger partial charge in [0, 0.05) is 24.1 Å². The van der Waals surface area contributed by atoms with E-state index in [-0.39, 0.29) is 0 Å². The van der Waals surface area contributed by atoms with Crippen LogP contribution in [0.4, 0.5) is 5.69 Å². The summed E-state index contributed by atoms with van der Waals surface area (Å²) < 4.78 is 0. The number of rotatable bonds is 3. The van der Waals surface area contributed by atoms with Crippen molar-refractivity contribution >= 4 is 5.69 Å². The number of hydrogen-bond acceptors (Lipinski definition) is 2. The molecule has 82 valence electrons. The van der Waals surface area contributed by atoms with Crippen molar-refractivity contribution in [2.45, 2.75) is 45.1 Å². The molecule has 2 nitrogen and oxygen atoms in total. The van der Waals surface area contributed by atoms with E-state index in [0.717, 1.165) is 5.92 Å². The van der Waals surface area contributed by atoms with E-state index in [9.17, 15) is 0 Å². The maximum Gasteiger partial charge on any atom is 0.0373 e. The lowest BCUT2D eigenvalue weighted by Crippen LogP contribution is -2.31. The minimum absolute atomic E-state index is 0.672. The fourth-order valence-electron chi connectivity index (χ4n) is 2.55. The molecule has 0 bridgehead atoms. The molecule has 1 aromatic heterocycles. The standard InChI is InChI=1S/C13H20N2/c1-2-11-5-3-4-6-13(11)15-12-7-9-14-10-8-12/h7-11,13H,2-6H2,1H3,(H,14,15). The average Bonchev–Trinajstić information content (AvgIpc) is 2.31. The second-order valence-corrected chi connectivity index (χ2v) is 4.44. The van der Waals surface area contributed by atoms with Crippen molar-refractivity contribution in [3.8, 4) is 0 Å². The summed E-state index contributed by atoms with van der Waals surface area (Å²) in [6, 6.07) is 4.79. The first kappa shape index (κ1) is 10.5. The molecule has 2 atom stereocenters. The SMILES string of the molecule is CCC1CCCCC1Nc1ccncc1. The van der Waals surface area contributed by atoms with Crippen LogP contribution in [0.5, 0.6) is 0 Å². The van der Waals surface area contributed by atoms with Gasteiger partial charge in [-0.1, -0.05) is 26.2 Å². The summed E-state index contributed by atoms with van der Waals surface area (Å²) in [6.07, 6.45) is 10.5. The Balaban J connectivity index is 1.97. The molecule has 1 aliphatic carbocycles. The van der Waals surface area contributed by atoms with Crippen LogP contribution in [0.1, 0.15) is 39.0 Å². The van der Waals surface area contributed by atoms with Crippen LogP contribution >= 0.6 is 0 Å². The van der Waals surface area contributed by atoms with Crippen LogP contribution in [0.25, 0.3) is 0 Å². The summed E-state index contributed by atoms with van der Waals surface area (Å²) in [5, 5.41) is 3.64. The lowest BCUT2D eigenvalue weighted by atomic mass is 9.83. The summed E-state index contributed by atoms with van der Waals surface area (Å²) in [4.78, 5) is 4.04. The van der Waals surface area contributed by atoms with E-state index in [4.69, 9.17) is 0 Å².